The van der Waals surface area contributed by atoms with E-state index in [-0.39, 0.29) is 19.0 Å². The highest BCUT2D eigenvalue weighted by Gasteiger charge is 2.19. The smallest absolute Gasteiger partial charge is 0.239 e. The molecular weight excluding hydrogens is 266 g/mol. The lowest BCUT2D eigenvalue weighted by Crippen LogP contribution is -2.31. The Morgan fingerprint density at radius 3 is 2.32 bits per heavy atom. The van der Waals surface area contributed by atoms with Crippen LogP contribution in [0.1, 0.15) is 6.42 Å². The van der Waals surface area contributed by atoms with Crippen molar-refractivity contribution in [3.63, 3.8) is 0 Å². The van der Waals surface area contributed by atoms with Gasteiger partial charge in [-0.3, -0.25) is 4.79 Å². The molecule has 0 unspecified atom stereocenters. The third-order valence-electron chi connectivity index (χ3n) is 2.10. The van der Waals surface area contributed by atoms with Crippen LogP contribution in [0.2, 0.25) is 0 Å². The van der Waals surface area contributed by atoms with Crippen LogP contribution in [0.25, 0.3) is 0 Å². The Hall–Kier alpha value is -2.30. The van der Waals surface area contributed by atoms with Crippen molar-refractivity contribution >= 4 is 11.6 Å². The lowest BCUT2D eigenvalue weighted by atomic mass is 10.2. The predicted octanol–water partition coefficient (Wildman–Crippen LogP) is 1.68. The minimum atomic E-state index is -1.61. The summed E-state index contributed by atoms with van der Waals surface area (Å²) in [6.45, 7) is -0.512. The number of anilines is 1. The Labute approximate surface area is 106 Å². The molecule has 0 aliphatic heterocycles. The third kappa shape index (κ3) is 3.84. The number of carbonyl (C=O) groups excluding carboxylic acids is 1. The molecule has 0 aromatic heterocycles. The van der Waals surface area contributed by atoms with Crippen molar-refractivity contribution in [3.05, 3.63) is 29.3 Å². The van der Waals surface area contributed by atoms with E-state index in [0.717, 1.165) is 0 Å². The maximum Gasteiger partial charge on any atom is 0.239 e. The van der Waals surface area contributed by atoms with Gasteiger partial charge in [0.25, 0.3) is 0 Å². The van der Waals surface area contributed by atoms with Crippen molar-refractivity contribution in [1.29, 1.82) is 5.26 Å². The number of carbonyl (C=O) groups is 1. The van der Waals surface area contributed by atoms with Gasteiger partial charge in [-0.15, -0.1) is 0 Å². The summed E-state index contributed by atoms with van der Waals surface area (Å²) in [6, 6.07) is 1.85. The minimum absolute atomic E-state index is 0.0689. The SMILES string of the molecule is N#CCCNC(=O)CNc1c(F)c(F)cc(F)c1F. The number of nitrogens with zero attached hydrogens (tertiary/aromatic N) is 1. The molecule has 0 atom stereocenters. The number of benzene rings is 1. The van der Waals surface area contributed by atoms with Crippen LogP contribution in [0.4, 0.5) is 23.2 Å². The van der Waals surface area contributed by atoms with Gasteiger partial charge in [-0.05, 0) is 0 Å². The second-order valence-electron chi connectivity index (χ2n) is 3.45. The van der Waals surface area contributed by atoms with Crippen molar-refractivity contribution in [2.75, 3.05) is 18.4 Å². The lowest BCUT2D eigenvalue weighted by molar-refractivity contribution is -0.119. The van der Waals surface area contributed by atoms with Gasteiger partial charge in [0.2, 0.25) is 5.91 Å². The molecule has 0 fully saturated rings. The summed E-state index contributed by atoms with van der Waals surface area (Å²) in [6.07, 6.45) is 0.0725. The molecule has 0 bridgehead atoms. The number of hydrogen-bond donors (Lipinski definition) is 2. The van der Waals surface area contributed by atoms with Crippen LogP contribution in [0.15, 0.2) is 6.07 Å². The topological polar surface area (TPSA) is 64.9 Å². The number of hydrogen-bond acceptors (Lipinski definition) is 3. The van der Waals surface area contributed by atoms with Crippen LogP contribution in [0.5, 0.6) is 0 Å². The van der Waals surface area contributed by atoms with Gasteiger partial charge >= 0.3 is 0 Å². The van der Waals surface area contributed by atoms with E-state index in [1.54, 1.807) is 6.07 Å². The zero-order valence-corrected chi connectivity index (χ0v) is 9.57. The maximum absolute atomic E-state index is 13.2. The van der Waals surface area contributed by atoms with Gasteiger partial charge in [-0.25, -0.2) is 17.6 Å². The van der Waals surface area contributed by atoms with E-state index in [2.05, 4.69) is 5.32 Å². The molecule has 0 spiro atoms. The molecule has 0 saturated carbocycles. The van der Waals surface area contributed by atoms with E-state index < -0.39 is 41.4 Å². The molecule has 1 aromatic rings. The van der Waals surface area contributed by atoms with Gasteiger partial charge < -0.3 is 10.6 Å². The molecule has 1 amide bonds. The summed E-state index contributed by atoms with van der Waals surface area (Å²) in [5, 5.41) is 12.5. The van der Waals surface area contributed by atoms with E-state index in [1.165, 1.54) is 0 Å². The zero-order valence-electron chi connectivity index (χ0n) is 9.57. The summed E-state index contributed by atoms with van der Waals surface area (Å²) in [5.41, 5.74) is -1.05. The molecule has 0 heterocycles. The van der Waals surface area contributed by atoms with Gasteiger partial charge in [0.15, 0.2) is 23.3 Å². The standard InChI is InChI=1S/C11H9F4N3O/c12-6-4-7(13)10(15)11(9(6)14)18-5-8(19)17-3-1-2-16/h4,18H,1,3,5H2,(H,17,19). The second-order valence-corrected chi connectivity index (χ2v) is 3.45. The average Bonchev–Trinajstić information content (AvgIpc) is 2.37. The van der Waals surface area contributed by atoms with Crippen LogP contribution < -0.4 is 10.6 Å². The molecule has 4 nitrogen and oxygen atoms in total. The Morgan fingerprint density at radius 1 is 1.21 bits per heavy atom. The molecule has 8 heteroatoms. The lowest BCUT2D eigenvalue weighted by Gasteiger charge is -2.09. The number of halogens is 4. The Kier molecular flexibility index (Phi) is 5.11. The molecule has 0 aliphatic rings. The fraction of sp³-hybridized carbons (Fsp3) is 0.273. The molecule has 2 N–H and O–H groups in total. The molecule has 1 rings (SSSR count). The van der Waals surface area contributed by atoms with Crippen LogP contribution >= 0.6 is 0 Å². The average molecular weight is 275 g/mol. The first-order valence-electron chi connectivity index (χ1n) is 5.18. The highest BCUT2D eigenvalue weighted by atomic mass is 19.2. The summed E-state index contributed by atoms with van der Waals surface area (Å²) in [7, 11) is 0. The van der Waals surface area contributed by atoms with E-state index >= 15 is 0 Å². The van der Waals surface area contributed by atoms with Gasteiger partial charge in [-0.2, -0.15) is 5.26 Å². The van der Waals surface area contributed by atoms with Gasteiger partial charge in [-0.1, -0.05) is 0 Å². The van der Waals surface area contributed by atoms with Crippen LogP contribution in [-0.2, 0) is 4.79 Å². The molecule has 19 heavy (non-hydrogen) atoms. The van der Waals surface area contributed by atoms with Gasteiger partial charge in [0.1, 0.15) is 5.69 Å². The molecule has 0 aliphatic carbocycles. The number of nitriles is 1. The monoisotopic (exact) mass is 275 g/mol. The van der Waals surface area contributed by atoms with Crippen molar-refractivity contribution < 1.29 is 22.4 Å². The van der Waals surface area contributed by atoms with Crippen LogP contribution in [0, 0.1) is 34.6 Å². The first kappa shape index (κ1) is 14.8. The number of rotatable bonds is 5. The van der Waals surface area contributed by atoms with Gasteiger partial charge in [0, 0.05) is 12.6 Å². The third-order valence-corrected chi connectivity index (χ3v) is 2.10. The van der Waals surface area contributed by atoms with Gasteiger partial charge in [0.05, 0.1) is 19.0 Å². The van der Waals surface area contributed by atoms with Crippen molar-refractivity contribution in [1.82, 2.24) is 5.32 Å². The van der Waals surface area contributed by atoms with E-state index in [9.17, 15) is 22.4 Å². The van der Waals surface area contributed by atoms with Crippen molar-refractivity contribution in [3.8, 4) is 6.07 Å². The quantitative estimate of drug-likeness (QED) is 0.488. The first-order valence-corrected chi connectivity index (χ1v) is 5.18. The van der Waals surface area contributed by atoms with Crippen molar-refractivity contribution in [2.45, 2.75) is 6.42 Å². The Balaban J connectivity index is 2.68. The first-order chi connectivity index (χ1) is 8.97. The molecule has 1 aromatic carbocycles. The minimum Gasteiger partial charge on any atom is -0.371 e. The fourth-order valence-electron chi connectivity index (χ4n) is 1.22. The number of amides is 1. The highest BCUT2D eigenvalue weighted by molar-refractivity contribution is 5.80. The summed E-state index contributed by atoms with van der Waals surface area (Å²) in [5.74, 6) is -7.01. The van der Waals surface area contributed by atoms with Crippen LogP contribution in [-0.4, -0.2) is 19.0 Å². The summed E-state index contributed by atoms with van der Waals surface area (Å²) < 4.78 is 52.0. The summed E-state index contributed by atoms with van der Waals surface area (Å²) in [4.78, 5) is 11.2. The predicted molar refractivity (Wildman–Crippen MR) is 58.0 cm³/mol. The largest absolute Gasteiger partial charge is 0.371 e. The van der Waals surface area contributed by atoms with Crippen molar-refractivity contribution in [2.24, 2.45) is 0 Å². The second kappa shape index (κ2) is 6.58. The highest BCUT2D eigenvalue weighted by Crippen LogP contribution is 2.23. The molecular formula is C11H9F4N3O. The van der Waals surface area contributed by atoms with E-state index in [4.69, 9.17) is 5.26 Å². The van der Waals surface area contributed by atoms with E-state index in [0.29, 0.717) is 0 Å². The Bertz CT molecular complexity index is 501. The normalized spacial score (nSPS) is 9.84. The van der Waals surface area contributed by atoms with E-state index in [1.807, 2.05) is 5.32 Å². The zero-order chi connectivity index (χ0) is 14.4. The van der Waals surface area contributed by atoms with Crippen LogP contribution in [0.3, 0.4) is 0 Å². The molecule has 0 saturated heterocycles. The molecule has 102 valence electrons. The Morgan fingerprint density at radius 2 is 1.79 bits per heavy atom. The summed E-state index contributed by atoms with van der Waals surface area (Å²) >= 11 is 0. The fourth-order valence-corrected chi connectivity index (χ4v) is 1.22. The maximum atomic E-state index is 13.2. The number of nitrogens with one attached hydrogen (secondary N) is 2. The molecule has 0 radical (unpaired) electrons.